The van der Waals surface area contributed by atoms with Crippen LogP contribution in [0.2, 0.25) is 0 Å². The van der Waals surface area contributed by atoms with Gasteiger partial charge in [-0.05, 0) is 45.1 Å². The van der Waals surface area contributed by atoms with Gasteiger partial charge >= 0.3 is 0 Å². The first-order valence-electron chi connectivity index (χ1n) is 6.36. The largest absolute Gasteiger partial charge is 0.375 e. The highest BCUT2D eigenvalue weighted by atomic mass is 16.5. The molecule has 4 nitrogen and oxygen atoms in total. The Kier molecular flexibility index (Phi) is 3.82. The number of amides is 1. The van der Waals surface area contributed by atoms with Crippen LogP contribution in [-0.2, 0) is 9.53 Å². The van der Waals surface area contributed by atoms with Gasteiger partial charge in [-0.15, -0.1) is 0 Å². The van der Waals surface area contributed by atoms with Crippen molar-refractivity contribution in [3.8, 4) is 0 Å². The van der Waals surface area contributed by atoms with Gasteiger partial charge < -0.3 is 15.8 Å². The molecule has 1 saturated carbocycles. The zero-order chi connectivity index (χ0) is 11.4. The summed E-state index contributed by atoms with van der Waals surface area (Å²) in [4.78, 5) is 10.6. The minimum Gasteiger partial charge on any atom is -0.375 e. The van der Waals surface area contributed by atoms with Crippen molar-refractivity contribution in [3.63, 3.8) is 0 Å². The molecule has 0 aromatic carbocycles. The third kappa shape index (κ3) is 2.95. The monoisotopic (exact) mass is 226 g/mol. The number of nitrogens with one attached hydrogen (secondary N) is 1. The summed E-state index contributed by atoms with van der Waals surface area (Å²) in [6.07, 6.45) is 7.34. The molecule has 1 saturated heterocycles. The summed E-state index contributed by atoms with van der Waals surface area (Å²) in [7, 11) is 0. The number of nitrogens with two attached hydrogens (primary N) is 1. The fourth-order valence-electron chi connectivity index (χ4n) is 2.69. The number of carbonyl (C=O) groups excluding carboxylic acids is 1. The second-order valence-electron chi connectivity index (χ2n) is 5.10. The van der Waals surface area contributed by atoms with E-state index in [-0.39, 0.29) is 11.5 Å². The van der Waals surface area contributed by atoms with Gasteiger partial charge in [0, 0.05) is 19.1 Å². The summed E-state index contributed by atoms with van der Waals surface area (Å²) >= 11 is 0. The summed E-state index contributed by atoms with van der Waals surface area (Å²) in [5.41, 5.74) is 5.31. The van der Waals surface area contributed by atoms with Crippen LogP contribution in [0, 0.1) is 0 Å². The molecule has 4 heteroatoms. The van der Waals surface area contributed by atoms with Crippen LogP contribution in [0.1, 0.15) is 44.9 Å². The Bertz CT molecular complexity index is 251. The summed E-state index contributed by atoms with van der Waals surface area (Å²) in [6.45, 7) is 1.77. The molecular weight excluding hydrogens is 204 g/mol. The van der Waals surface area contributed by atoms with E-state index in [0.717, 1.165) is 32.4 Å². The van der Waals surface area contributed by atoms with Crippen molar-refractivity contribution in [2.24, 2.45) is 5.73 Å². The van der Waals surface area contributed by atoms with Crippen LogP contribution in [0.15, 0.2) is 0 Å². The summed E-state index contributed by atoms with van der Waals surface area (Å²) in [5.74, 6) is -0.204. The molecule has 16 heavy (non-hydrogen) atoms. The molecule has 1 aliphatic carbocycles. The minimum atomic E-state index is -0.204. The van der Waals surface area contributed by atoms with Crippen LogP contribution < -0.4 is 11.1 Å². The van der Waals surface area contributed by atoms with Crippen LogP contribution in [0.4, 0.5) is 0 Å². The molecule has 92 valence electrons. The van der Waals surface area contributed by atoms with Gasteiger partial charge in [0.05, 0.1) is 5.60 Å². The Hall–Kier alpha value is -0.610. The fourth-order valence-corrected chi connectivity index (χ4v) is 2.69. The Labute approximate surface area is 96.9 Å². The average Bonchev–Trinajstić information content (AvgIpc) is 2.22. The molecule has 1 heterocycles. The van der Waals surface area contributed by atoms with Crippen molar-refractivity contribution in [2.75, 3.05) is 13.2 Å². The van der Waals surface area contributed by atoms with Crippen LogP contribution in [-0.4, -0.2) is 30.7 Å². The van der Waals surface area contributed by atoms with Crippen molar-refractivity contribution in [2.45, 2.75) is 56.6 Å². The van der Waals surface area contributed by atoms with Gasteiger partial charge in [0.1, 0.15) is 0 Å². The van der Waals surface area contributed by atoms with E-state index in [4.69, 9.17) is 10.5 Å². The highest BCUT2D eigenvalue weighted by molar-refractivity contribution is 5.73. The molecular formula is C12H22N2O2. The number of hydrogen-bond acceptors (Lipinski definition) is 3. The van der Waals surface area contributed by atoms with Crippen LogP contribution in [0.3, 0.4) is 0 Å². The molecule has 3 N–H and O–H groups in total. The van der Waals surface area contributed by atoms with Crippen molar-refractivity contribution < 1.29 is 9.53 Å². The smallest absolute Gasteiger partial charge is 0.217 e. The van der Waals surface area contributed by atoms with Gasteiger partial charge in [0.2, 0.25) is 5.91 Å². The highest BCUT2D eigenvalue weighted by Gasteiger charge is 2.42. The van der Waals surface area contributed by atoms with E-state index in [0.29, 0.717) is 12.5 Å². The summed E-state index contributed by atoms with van der Waals surface area (Å²) in [5, 5.41) is 3.51. The standard InChI is InChI=1S/C12H22N2O2/c13-11(15)3-1-7-14-10-4-8-16-12(9-10)5-2-6-12/h10,14H,1-9H2,(H2,13,15). The SMILES string of the molecule is NC(=O)CCCNC1CCOC2(CCC2)C1. The predicted octanol–water partition coefficient (Wildman–Crippen LogP) is 0.943. The van der Waals surface area contributed by atoms with Gasteiger partial charge in [-0.25, -0.2) is 0 Å². The third-order valence-electron chi connectivity index (χ3n) is 3.79. The number of rotatable bonds is 5. The van der Waals surface area contributed by atoms with Gasteiger partial charge in [-0.1, -0.05) is 0 Å². The molecule has 1 amide bonds. The highest BCUT2D eigenvalue weighted by Crippen LogP contribution is 2.42. The van der Waals surface area contributed by atoms with Crippen LogP contribution in [0.25, 0.3) is 0 Å². The maximum atomic E-state index is 10.6. The van der Waals surface area contributed by atoms with Crippen LogP contribution >= 0.6 is 0 Å². The minimum absolute atomic E-state index is 0.204. The maximum absolute atomic E-state index is 10.6. The molecule has 1 spiro atoms. The molecule has 0 radical (unpaired) electrons. The van der Waals surface area contributed by atoms with E-state index in [1.807, 2.05) is 0 Å². The predicted molar refractivity (Wildman–Crippen MR) is 62.0 cm³/mol. The average molecular weight is 226 g/mol. The normalized spacial score (nSPS) is 27.6. The molecule has 1 unspecified atom stereocenters. The van der Waals surface area contributed by atoms with Crippen molar-refractivity contribution in [3.05, 3.63) is 0 Å². The van der Waals surface area contributed by atoms with Gasteiger partial charge in [-0.3, -0.25) is 4.79 Å². The first-order chi connectivity index (χ1) is 7.70. The second-order valence-corrected chi connectivity index (χ2v) is 5.10. The van der Waals surface area contributed by atoms with Gasteiger partial charge in [0.25, 0.3) is 0 Å². The molecule has 0 aromatic heterocycles. The molecule has 1 aliphatic heterocycles. The molecule has 0 bridgehead atoms. The lowest BCUT2D eigenvalue weighted by Crippen LogP contribution is -2.51. The number of primary amides is 1. The molecule has 0 aromatic rings. The Morgan fingerprint density at radius 3 is 2.94 bits per heavy atom. The first kappa shape index (κ1) is 11.9. The first-order valence-corrected chi connectivity index (χ1v) is 6.36. The Morgan fingerprint density at radius 2 is 2.31 bits per heavy atom. The zero-order valence-corrected chi connectivity index (χ0v) is 9.84. The van der Waals surface area contributed by atoms with E-state index in [1.165, 1.54) is 19.3 Å². The van der Waals surface area contributed by atoms with Gasteiger partial charge in [-0.2, -0.15) is 0 Å². The van der Waals surface area contributed by atoms with E-state index < -0.39 is 0 Å². The van der Waals surface area contributed by atoms with E-state index >= 15 is 0 Å². The third-order valence-corrected chi connectivity index (χ3v) is 3.79. The summed E-state index contributed by atoms with van der Waals surface area (Å²) in [6, 6.07) is 0.571. The van der Waals surface area contributed by atoms with E-state index in [9.17, 15) is 4.79 Å². The molecule has 2 aliphatic rings. The van der Waals surface area contributed by atoms with Crippen molar-refractivity contribution >= 4 is 5.91 Å². The van der Waals surface area contributed by atoms with Crippen molar-refractivity contribution in [1.29, 1.82) is 0 Å². The molecule has 2 fully saturated rings. The topological polar surface area (TPSA) is 64.4 Å². The number of carbonyl (C=O) groups is 1. The van der Waals surface area contributed by atoms with Crippen LogP contribution in [0.5, 0.6) is 0 Å². The van der Waals surface area contributed by atoms with E-state index in [2.05, 4.69) is 5.32 Å². The number of hydrogen-bond donors (Lipinski definition) is 2. The summed E-state index contributed by atoms with van der Waals surface area (Å²) < 4.78 is 5.86. The quantitative estimate of drug-likeness (QED) is 0.686. The Balaban J connectivity index is 1.64. The lowest BCUT2D eigenvalue weighted by atomic mass is 9.74. The van der Waals surface area contributed by atoms with Crippen molar-refractivity contribution in [1.82, 2.24) is 5.32 Å². The maximum Gasteiger partial charge on any atom is 0.217 e. The fraction of sp³-hybridized carbons (Fsp3) is 0.917. The Morgan fingerprint density at radius 1 is 1.50 bits per heavy atom. The number of ether oxygens (including phenoxy) is 1. The molecule has 2 rings (SSSR count). The van der Waals surface area contributed by atoms with Gasteiger partial charge in [0.15, 0.2) is 0 Å². The lowest BCUT2D eigenvalue weighted by molar-refractivity contribution is -0.135. The lowest BCUT2D eigenvalue weighted by Gasteiger charge is -2.47. The zero-order valence-electron chi connectivity index (χ0n) is 9.84. The van der Waals surface area contributed by atoms with E-state index in [1.54, 1.807) is 0 Å². The second kappa shape index (κ2) is 5.15. The molecule has 1 atom stereocenters.